The van der Waals surface area contributed by atoms with Crippen molar-refractivity contribution < 1.29 is 9.31 Å². The van der Waals surface area contributed by atoms with Gasteiger partial charge in [0, 0.05) is 13.2 Å². The first-order valence-electron chi connectivity index (χ1n) is 6.68. The lowest BCUT2D eigenvalue weighted by molar-refractivity contribution is 0.225. The fourth-order valence-corrected chi connectivity index (χ4v) is 1.85. The molecule has 0 amide bonds. The molecule has 0 atom stereocenters. The summed E-state index contributed by atoms with van der Waals surface area (Å²) in [4.78, 5) is 0. The van der Waals surface area contributed by atoms with Gasteiger partial charge in [-0.15, -0.1) is 0 Å². The third kappa shape index (κ3) is 5.73. The van der Waals surface area contributed by atoms with Gasteiger partial charge in [-0.2, -0.15) is 0 Å². The lowest BCUT2D eigenvalue weighted by atomic mass is 10.1. The molecule has 0 aromatic heterocycles. The van der Waals surface area contributed by atoms with Crippen LogP contribution < -0.4 is 0 Å². The standard InChI is InChI=1S/C16H19BO2/c1-3-7-15(8-4-1)11-13-18-17-19-14-12-16-9-5-2-6-10-16/h1-10,17H,11-14H2. The molecule has 0 heterocycles. The first kappa shape index (κ1) is 13.8. The summed E-state index contributed by atoms with van der Waals surface area (Å²) >= 11 is 0. The van der Waals surface area contributed by atoms with Gasteiger partial charge in [0.15, 0.2) is 0 Å². The molecule has 0 bridgehead atoms. The maximum atomic E-state index is 5.45. The zero-order valence-electron chi connectivity index (χ0n) is 11.1. The lowest BCUT2D eigenvalue weighted by Crippen LogP contribution is -2.09. The van der Waals surface area contributed by atoms with Crippen LogP contribution in [0.5, 0.6) is 0 Å². The van der Waals surface area contributed by atoms with Crippen molar-refractivity contribution >= 4 is 7.69 Å². The van der Waals surface area contributed by atoms with E-state index in [0.29, 0.717) is 20.9 Å². The van der Waals surface area contributed by atoms with Gasteiger partial charge in [0.05, 0.1) is 0 Å². The van der Waals surface area contributed by atoms with Crippen LogP contribution in [0.3, 0.4) is 0 Å². The summed E-state index contributed by atoms with van der Waals surface area (Å²) in [6, 6.07) is 20.7. The van der Waals surface area contributed by atoms with Gasteiger partial charge in [0.25, 0.3) is 0 Å². The summed E-state index contributed by atoms with van der Waals surface area (Å²) in [5.74, 6) is 0. The molecule has 2 aromatic carbocycles. The predicted octanol–water partition coefficient (Wildman–Crippen LogP) is 2.77. The zero-order valence-corrected chi connectivity index (χ0v) is 11.1. The first-order chi connectivity index (χ1) is 9.45. The van der Waals surface area contributed by atoms with Crippen LogP contribution in [0.25, 0.3) is 0 Å². The highest BCUT2D eigenvalue weighted by Gasteiger charge is 1.96. The van der Waals surface area contributed by atoms with Crippen molar-refractivity contribution in [1.82, 2.24) is 0 Å². The largest absolute Gasteiger partial charge is 0.438 e. The average Bonchev–Trinajstić information content (AvgIpc) is 2.48. The van der Waals surface area contributed by atoms with E-state index in [9.17, 15) is 0 Å². The lowest BCUT2D eigenvalue weighted by Gasteiger charge is -2.05. The van der Waals surface area contributed by atoms with E-state index in [2.05, 4.69) is 24.3 Å². The van der Waals surface area contributed by atoms with Crippen LogP contribution in [0.1, 0.15) is 11.1 Å². The van der Waals surface area contributed by atoms with Gasteiger partial charge in [-0.05, 0) is 24.0 Å². The van der Waals surface area contributed by atoms with Gasteiger partial charge in [0.1, 0.15) is 0 Å². The molecule has 98 valence electrons. The second kappa shape index (κ2) is 8.51. The maximum absolute atomic E-state index is 5.45. The van der Waals surface area contributed by atoms with Crippen molar-refractivity contribution in [3.05, 3.63) is 71.8 Å². The van der Waals surface area contributed by atoms with Crippen LogP contribution in [-0.4, -0.2) is 20.9 Å². The van der Waals surface area contributed by atoms with Crippen LogP contribution in [0, 0.1) is 0 Å². The summed E-state index contributed by atoms with van der Waals surface area (Å²) in [6.07, 6.45) is 1.87. The van der Waals surface area contributed by atoms with E-state index in [-0.39, 0.29) is 0 Å². The molecular formula is C16H19BO2. The summed E-state index contributed by atoms with van der Waals surface area (Å²) in [5, 5.41) is 0. The molecule has 2 rings (SSSR count). The van der Waals surface area contributed by atoms with Crippen LogP contribution >= 0.6 is 0 Å². The van der Waals surface area contributed by atoms with E-state index >= 15 is 0 Å². The van der Waals surface area contributed by atoms with Gasteiger partial charge in [-0.3, -0.25) is 0 Å². The summed E-state index contributed by atoms with van der Waals surface area (Å²) in [7, 11) is 0.375. The molecule has 2 aromatic rings. The van der Waals surface area contributed by atoms with Crippen molar-refractivity contribution in [2.45, 2.75) is 12.8 Å². The fourth-order valence-electron chi connectivity index (χ4n) is 1.85. The third-order valence-corrected chi connectivity index (χ3v) is 2.92. The molecule has 0 unspecified atom stereocenters. The van der Waals surface area contributed by atoms with E-state index in [1.807, 2.05) is 36.4 Å². The van der Waals surface area contributed by atoms with E-state index in [4.69, 9.17) is 9.31 Å². The molecule has 0 radical (unpaired) electrons. The van der Waals surface area contributed by atoms with Crippen LogP contribution in [0.15, 0.2) is 60.7 Å². The molecule has 0 saturated carbocycles. The molecule has 2 nitrogen and oxygen atoms in total. The summed E-state index contributed by atoms with van der Waals surface area (Å²) < 4.78 is 10.9. The minimum atomic E-state index is 0.375. The average molecular weight is 254 g/mol. The molecule has 0 aliphatic rings. The summed E-state index contributed by atoms with van der Waals surface area (Å²) in [5.41, 5.74) is 2.60. The van der Waals surface area contributed by atoms with Crippen LogP contribution in [0.2, 0.25) is 0 Å². The zero-order chi connectivity index (χ0) is 13.2. The Hall–Kier alpha value is -1.58. The second-order valence-corrected chi connectivity index (χ2v) is 4.41. The quantitative estimate of drug-likeness (QED) is 0.532. The maximum Gasteiger partial charge on any atom is 0.438 e. The van der Waals surface area contributed by atoms with E-state index < -0.39 is 0 Å². The third-order valence-electron chi connectivity index (χ3n) is 2.92. The normalized spacial score (nSPS) is 10.3. The van der Waals surface area contributed by atoms with Crippen LogP contribution in [0.4, 0.5) is 0 Å². The van der Waals surface area contributed by atoms with Crippen molar-refractivity contribution in [1.29, 1.82) is 0 Å². The van der Waals surface area contributed by atoms with Gasteiger partial charge in [-0.1, -0.05) is 60.7 Å². The van der Waals surface area contributed by atoms with Crippen molar-refractivity contribution in [2.24, 2.45) is 0 Å². The highest BCUT2D eigenvalue weighted by molar-refractivity contribution is 6.17. The number of benzene rings is 2. The minimum absolute atomic E-state index is 0.375. The molecular weight excluding hydrogens is 235 g/mol. The van der Waals surface area contributed by atoms with E-state index in [0.717, 1.165) is 12.8 Å². The Morgan fingerprint density at radius 1 is 0.632 bits per heavy atom. The molecule has 0 N–H and O–H groups in total. The highest BCUT2D eigenvalue weighted by atomic mass is 16.6. The Morgan fingerprint density at radius 3 is 1.47 bits per heavy atom. The van der Waals surface area contributed by atoms with Gasteiger partial charge < -0.3 is 9.31 Å². The van der Waals surface area contributed by atoms with Crippen molar-refractivity contribution in [3.63, 3.8) is 0 Å². The van der Waals surface area contributed by atoms with Crippen molar-refractivity contribution in [3.8, 4) is 0 Å². The number of hydrogen-bond acceptors (Lipinski definition) is 2. The molecule has 19 heavy (non-hydrogen) atoms. The van der Waals surface area contributed by atoms with E-state index in [1.54, 1.807) is 0 Å². The highest BCUT2D eigenvalue weighted by Crippen LogP contribution is 2.00. The van der Waals surface area contributed by atoms with Crippen LogP contribution in [-0.2, 0) is 22.2 Å². The van der Waals surface area contributed by atoms with E-state index in [1.165, 1.54) is 11.1 Å². The number of hydrogen-bond donors (Lipinski definition) is 0. The molecule has 3 heteroatoms. The van der Waals surface area contributed by atoms with Gasteiger partial charge >= 0.3 is 7.69 Å². The Labute approximate surface area is 115 Å². The Kier molecular flexibility index (Phi) is 6.20. The van der Waals surface area contributed by atoms with Gasteiger partial charge in [-0.25, -0.2) is 0 Å². The smallest absolute Gasteiger partial charge is 0.414 e. The molecule has 0 aliphatic carbocycles. The molecule has 0 saturated heterocycles. The molecule has 0 aliphatic heterocycles. The minimum Gasteiger partial charge on any atom is -0.414 e. The van der Waals surface area contributed by atoms with Crippen molar-refractivity contribution in [2.75, 3.05) is 13.2 Å². The fraction of sp³-hybridized carbons (Fsp3) is 0.250. The summed E-state index contributed by atoms with van der Waals surface area (Å²) in [6.45, 7) is 1.41. The Morgan fingerprint density at radius 2 is 1.05 bits per heavy atom. The monoisotopic (exact) mass is 254 g/mol. The second-order valence-electron chi connectivity index (χ2n) is 4.41. The predicted molar refractivity (Wildman–Crippen MR) is 79.3 cm³/mol. The Bertz CT molecular complexity index is 401. The Balaban J connectivity index is 1.49. The van der Waals surface area contributed by atoms with Gasteiger partial charge in [0.2, 0.25) is 0 Å². The topological polar surface area (TPSA) is 18.5 Å². The first-order valence-corrected chi connectivity index (χ1v) is 6.68. The molecule has 0 fully saturated rings. The number of rotatable bonds is 8. The SMILES string of the molecule is B(OCCc1ccccc1)OCCc1ccccc1. The molecule has 0 spiro atoms.